The molecule has 2 rings (SSSR count). The maximum Gasteiger partial charge on any atom is 0.416 e. The van der Waals surface area contributed by atoms with Gasteiger partial charge in [-0.15, -0.1) is 0 Å². The summed E-state index contributed by atoms with van der Waals surface area (Å²) in [6.45, 7) is 4.25. The van der Waals surface area contributed by atoms with E-state index in [2.05, 4.69) is 0 Å². The molecule has 1 amide bonds. The average molecular weight is 329 g/mol. The summed E-state index contributed by atoms with van der Waals surface area (Å²) in [5, 5.41) is 0. The fourth-order valence-electron chi connectivity index (χ4n) is 2.72. The van der Waals surface area contributed by atoms with Gasteiger partial charge in [-0.05, 0) is 30.7 Å². The standard InChI is InChI=1S/C16H22F3N3O/c1-2-3-14(20)15(23)22-10-8-21(9-11-22)13-6-4-12(5-7-13)16(17,18)19/h4-7,14H,2-3,8-11,20H2,1H3. The van der Waals surface area contributed by atoms with Crippen LogP contribution in [0.3, 0.4) is 0 Å². The normalized spacial score (nSPS) is 17.3. The number of hydrogen-bond acceptors (Lipinski definition) is 3. The molecule has 2 N–H and O–H groups in total. The molecule has 0 saturated carbocycles. The fraction of sp³-hybridized carbons (Fsp3) is 0.562. The quantitative estimate of drug-likeness (QED) is 0.923. The minimum Gasteiger partial charge on any atom is -0.368 e. The molecule has 4 nitrogen and oxygen atoms in total. The Morgan fingerprint density at radius 2 is 1.74 bits per heavy atom. The number of carbonyl (C=O) groups excluding carboxylic acids is 1. The molecule has 128 valence electrons. The lowest BCUT2D eigenvalue weighted by Crippen LogP contribution is -2.53. The van der Waals surface area contributed by atoms with Crippen LogP contribution in [-0.4, -0.2) is 43.0 Å². The van der Waals surface area contributed by atoms with Crippen LogP contribution in [0.5, 0.6) is 0 Å². The van der Waals surface area contributed by atoms with Crippen LogP contribution in [0.2, 0.25) is 0 Å². The van der Waals surface area contributed by atoms with Crippen LogP contribution in [0.1, 0.15) is 25.3 Å². The number of amides is 1. The highest BCUT2D eigenvalue weighted by molar-refractivity contribution is 5.81. The number of nitrogens with zero attached hydrogens (tertiary/aromatic N) is 2. The minimum absolute atomic E-state index is 0.0427. The number of anilines is 1. The summed E-state index contributed by atoms with van der Waals surface area (Å²) in [5.74, 6) is -0.0427. The van der Waals surface area contributed by atoms with Crippen LogP contribution in [0.25, 0.3) is 0 Å². The van der Waals surface area contributed by atoms with Gasteiger partial charge in [0.05, 0.1) is 11.6 Å². The molecule has 1 heterocycles. The summed E-state index contributed by atoms with van der Waals surface area (Å²) in [6.07, 6.45) is -2.80. The van der Waals surface area contributed by atoms with Crippen LogP contribution in [0, 0.1) is 0 Å². The lowest BCUT2D eigenvalue weighted by atomic mass is 10.1. The van der Waals surface area contributed by atoms with Gasteiger partial charge in [-0.25, -0.2) is 0 Å². The van der Waals surface area contributed by atoms with Gasteiger partial charge in [0.1, 0.15) is 0 Å². The molecule has 23 heavy (non-hydrogen) atoms. The first-order valence-corrected chi connectivity index (χ1v) is 7.79. The maximum atomic E-state index is 12.6. The Hall–Kier alpha value is -1.76. The summed E-state index contributed by atoms with van der Waals surface area (Å²) < 4.78 is 37.7. The Kier molecular flexibility index (Phi) is 5.51. The van der Waals surface area contributed by atoms with Crippen molar-refractivity contribution in [3.63, 3.8) is 0 Å². The predicted molar refractivity (Wildman–Crippen MR) is 83.1 cm³/mol. The molecular formula is C16H22F3N3O. The number of carbonyl (C=O) groups is 1. The highest BCUT2D eigenvalue weighted by Crippen LogP contribution is 2.30. The average Bonchev–Trinajstić information content (AvgIpc) is 2.54. The molecule has 1 aliphatic rings. The predicted octanol–water partition coefficient (Wildman–Crippen LogP) is 2.48. The highest BCUT2D eigenvalue weighted by atomic mass is 19.4. The van der Waals surface area contributed by atoms with Gasteiger partial charge >= 0.3 is 6.18 Å². The van der Waals surface area contributed by atoms with Crippen molar-refractivity contribution in [2.24, 2.45) is 5.73 Å². The Bertz CT molecular complexity index is 522. The van der Waals surface area contributed by atoms with Gasteiger partial charge in [0.25, 0.3) is 0 Å². The number of rotatable bonds is 4. The van der Waals surface area contributed by atoms with Gasteiger partial charge in [-0.3, -0.25) is 4.79 Å². The molecule has 1 aromatic carbocycles. The van der Waals surface area contributed by atoms with Gasteiger partial charge < -0.3 is 15.5 Å². The monoisotopic (exact) mass is 329 g/mol. The van der Waals surface area contributed by atoms with Crippen LogP contribution < -0.4 is 10.6 Å². The van der Waals surface area contributed by atoms with Gasteiger partial charge in [-0.2, -0.15) is 13.2 Å². The molecule has 1 saturated heterocycles. The second kappa shape index (κ2) is 7.21. The van der Waals surface area contributed by atoms with Crippen LogP contribution >= 0.6 is 0 Å². The smallest absolute Gasteiger partial charge is 0.368 e. The molecule has 0 aromatic heterocycles. The summed E-state index contributed by atoms with van der Waals surface area (Å²) in [6, 6.07) is 4.66. The molecule has 0 bridgehead atoms. The summed E-state index contributed by atoms with van der Waals surface area (Å²) >= 11 is 0. The van der Waals surface area contributed by atoms with E-state index in [-0.39, 0.29) is 5.91 Å². The summed E-state index contributed by atoms with van der Waals surface area (Å²) in [4.78, 5) is 15.9. The van der Waals surface area contributed by atoms with Gasteiger partial charge in [0.2, 0.25) is 5.91 Å². The van der Waals surface area contributed by atoms with Crippen molar-refractivity contribution in [2.75, 3.05) is 31.1 Å². The van der Waals surface area contributed by atoms with E-state index >= 15 is 0 Å². The van der Waals surface area contributed by atoms with E-state index in [1.54, 1.807) is 4.90 Å². The van der Waals surface area contributed by atoms with Crippen LogP contribution in [0.4, 0.5) is 18.9 Å². The molecular weight excluding hydrogens is 307 g/mol. The van der Waals surface area contributed by atoms with Crippen molar-refractivity contribution in [1.82, 2.24) is 4.90 Å². The van der Waals surface area contributed by atoms with E-state index in [9.17, 15) is 18.0 Å². The molecule has 7 heteroatoms. The molecule has 1 aromatic rings. The van der Waals surface area contributed by atoms with E-state index in [0.717, 1.165) is 24.2 Å². The van der Waals surface area contributed by atoms with Crippen LogP contribution in [-0.2, 0) is 11.0 Å². The SMILES string of the molecule is CCCC(N)C(=O)N1CCN(c2ccc(C(F)(F)F)cc2)CC1. The Morgan fingerprint density at radius 1 is 1.17 bits per heavy atom. The van der Waals surface area contributed by atoms with E-state index in [1.165, 1.54) is 12.1 Å². The number of piperazine rings is 1. The number of alkyl halides is 3. The van der Waals surface area contributed by atoms with E-state index in [4.69, 9.17) is 5.73 Å². The minimum atomic E-state index is -4.32. The van der Waals surface area contributed by atoms with E-state index < -0.39 is 17.8 Å². The second-order valence-electron chi connectivity index (χ2n) is 5.75. The fourth-order valence-corrected chi connectivity index (χ4v) is 2.72. The Labute approximate surface area is 134 Å². The van der Waals surface area contributed by atoms with Crippen LogP contribution in [0.15, 0.2) is 24.3 Å². The molecule has 0 aliphatic carbocycles. The highest BCUT2D eigenvalue weighted by Gasteiger charge is 2.30. The van der Waals surface area contributed by atoms with Crippen molar-refractivity contribution < 1.29 is 18.0 Å². The van der Waals surface area contributed by atoms with Gasteiger partial charge in [0.15, 0.2) is 0 Å². The van der Waals surface area contributed by atoms with E-state index in [0.29, 0.717) is 32.6 Å². The van der Waals surface area contributed by atoms with Gasteiger partial charge in [0, 0.05) is 31.9 Å². The molecule has 1 unspecified atom stereocenters. The third-order valence-electron chi connectivity index (χ3n) is 4.07. The third-order valence-corrected chi connectivity index (χ3v) is 4.07. The first-order chi connectivity index (χ1) is 10.8. The molecule has 1 fully saturated rings. The number of halogens is 3. The number of benzene rings is 1. The first kappa shape index (κ1) is 17.6. The number of hydrogen-bond donors (Lipinski definition) is 1. The van der Waals surface area contributed by atoms with Gasteiger partial charge in [-0.1, -0.05) is 13.3 Å². The van der Waals surface area contributed by atoms with Crippen molar-refractivity contribution in [2.45, 2.75) is 32.0 Å². The largest absolute Gasteiger partial charge is 0.416 e. The third kappa shape index (κ3) is 4.37. The number of nitrogens with two attached hydrogens (primary N) is 1. The summed E-state index contributed by atoms with van der Waals surface area (Å²) in [7, 11) is 0. The lowest BCUT2D eigenvalue weighted by Gasteiger charge is -2.37. The van der Waals surface area contributed by atoms with Crippen molar-refractivity contribution >= 4 is 11.6 Å². The molecule has 0 spiro atoms. The lowest BCUT2D eigenvalue weighted by molar-refractivity contribution is -0.137. The summed E-state index contributed by atoms with van der Waals surface area (Å²) in [5.41, 5.74) is 5.94. The van der Waals surface area contributed by atoms with Crippen molar-refractivity contribution in [3.05, 3.63) is 29.8 Å². The molecule has 0 radical (unpaired) electrons. The second-order valence-corrected chi connectivity index (χ2v) is 5.75. The van der Waals surface area contributed by atoms with Crippen molar-refractivity contribution in [1.29, 1.82) is 0 Å². The Morgan fingerprint density at radius 3 is 2.22 bits per heavy atom. The van der Waals surface area contributed by atoms with E-state index in [1.807, 2.05) is 11.8 Å². The first-order valence-electron chi connectivity index (χ1n) is 7.79. The molecule has 1 atom stereocenters. The van der Waals surface area contributed by atoms with Crippen molar-refractivity contribution in [3.8, 4) is 0 Å². The zero-order valence-electron chi connectivity index (χ0n) is 13.1. The topological polar surface area (TPSA) is 49.6 Å². The molecule has 1 aliphatic heterocycles. The zero-order valence-corrected chi connectivity index (χ0v) is 13.1. The Balaban J connectivity index is 1.93. The zero-order chi connectivity index (χ0) is 17.0. The maximum absolute atomic E-state index is 12.6.